The van der Waals surface area contributed by atoms with Crippen LogP contribution in [0.3, 0.4) is 0 Å². The Hall–Kier alpha value is -3.74. The second-order valence-corrected chi connectivity index (χ2v) is 6.16. The predicted octanol–water partition coefficient (Wildman–Crippen LogP) is 3.62. The third-order valence-electron chi connectivity index (χ3n) is 4.57. The van der Waals surface area contributed by atoms with Crippen molar-refractivity contribution in [2.75, 3.05) is 27.1 Å². The first kappa shape index (κ1) is 17.7. The van der Waals surface area contributed by atoms with Crippen LogP contribution in [-0.2, 0) is 0 Å². The van der Waals surface area contributed by atoms with E-state index in [4.69, 9.17) is 24.4 Å². The van der Waals surface area contributed by atoms with E-state index in [0.29, 0.717) is 56.0 Å². The molecule has 0 saturated carbocycles. The minimum Gasteiger partial charge on any atom is -0.496 e. The third kappa shape index (κ3) is 2.68. The Balaban J connectivity index is 2.19. The molecular weight excluding hydrogens is 360 g/mol. The van der Waals surface area contributed by atoms with E-state index in [0.717, 1.165) is 0 Å². The van der Waals surface area contributed by atoms with Crippen LogP contribution in [-0.4, -0.2) is 26.3 Å². The van der Waals surface area contributed by atoms with Gasteiger partial charge in [-0.2, -0.15) is 0 Å². The topological polar surface area (TPSA) is 96.8 Å². The largest absolute Gasteiger partial charge is 0.496 e. The highest BCUT2D eigenvalue weighted by molar-refractivity contribution is 6.13. The highest BCUT2D eigenvalue weighted by Gasteiger charge is 2.20. The second-order valence-electron chi connectivity index (χ2n) is 6.16. The van der Waals surface area contributed by atoms with Crippen LogP contribution in [0.15, 0.2) is 51.9 Å². The SMILES string of the molecule is COc1ccc(OC)c2c1c(OC)cc1c(=O)cc(-c3cncc(N)c3)oc12. The molecule has 2 aromatic carbocycles. The number of ether oxygens (including phenoxy) is 3. The highest BCUT2D eigenvalue weighted by Crippen LogP contribution is 2.43. The summed E-state index contributed by atoms with van der Waals surface area (Å²) < 4.78 is 22.7. The Morgan fingerprint density at radius 3 is 2.21 bits per heavy atom. The zero-order valence-electron chi connectivity index (χ0n) is 15.6. The molecule has 0 unspecified atom stereocenters. The van der Waals surface area contributed by atoms with Gasteiger partial charge in [0.1, 0.15) is 23.0 Å². The van der Waals surface area contributed by atoms with Crippen molar-refractivity contribution >= 4 is 27.4 Å². The van der Waals surface area contributed by atoms with Crippen molar-refractivity contribution in [2.45, 2.75) is 0 Å². The number of benzene rings is 2. The second kappa shape index (κ2) is 6.77. The van der Waals surface area contributed by atoms with E-state index in [1.165, 1.54) is 19.4 Å². The molecule has 0 amide bonds. The summed E-state index contributed by atoms with van der Waals surface area (Å²) in [6.45, 7) is 0. The molecule has 0 saturated heterocycles. The molecule has 0 aliphatic rings. The first-order valence-electron chi connectivity index (χ1n) is 8.47. The van der Waals surface area contributed by atoms with Crippen LogP contribution in [0.1, 0.15) is 0 Å². The highest BCUT2D eigenvalue weighted by atomic mass is 16.5. The van der Waals surface area contributed by atoms with Gasteiger partial charge in [0.05, 0.1) is 43.2 Å². The molecule has 2 heterocycles. The lowest BCUT2D eigenvalue weighted by Crippen LogP contribution is -2.03. The molecule has 4 rings (SSSR count). The van der Waals surface area contributed by atoms with Gasteiger partial charge < -0.3 is 24.4 Å². The summed E-state index contributed by atoms with van der Waals surface area (Å²) in [6, 6.07) is 8.29. The van der Waals surface area contributed by atoms with Crippen molar-refractivity contribution in [3.8, 4) is 28.6 Å². The van der Waals surface area contributed by atoms with Gasteiger partial charge in [-0.25, -0.2) is 0 Å². The van der Waals surface area contributed by atoms with Crippen molar-refractivity contribution in [1.82, 2.24) is 4.98 Å². The Bertz CT molecular complexity index is 1260. The monoisotopic (exact) mass is 378 g/mol. The lowest BCUT2D eigenvalue weighted by molar-refractivity contribution is 0.400. The maximum atomic E-state index is 12.9. The third-order valence-corrected chi connectivity index (χ3v) is 4.57. The van der Waals surface area contributed by atoms with Gasteiger partial charge in [-0.3, -0.25) is 9.78 Å². The van der Waals surface area contributed by atoms with Gasteiger partial charge in [-0.1, -0.05) is 0 Å². The summed E-state index contributed by atoms with van der Waals surface area (Å²) in [4.78, 5) is 17.0. The fourth-order valence-corrected chi connectivity index (χ4v) is 3.30. The van der Waals surface area contributed by atoms with Crippen molar-refractivity contribution in [1.29, 1.82) is 0 Å². The van der Waals surface area contributed by atoms with Gasteiger partial charge in [0, 0.05) is 24.0 Å². The summed E-state index contributed by atoms with van der Waals surface area (Å²) in [6.07, 6.45) is 3.11. The average Bonchev–Trinajstić information content (AvgIpc) is 2.72. The molecule has 2 N–H and O–H groups in total. The predicted molar refractivity (Wildman–Crippen MR) is 107 cm³/mol. The number of methoxy groups -OCH3 is 3. The molecule has 7 heteroatoms. The van der Waals surface area contributed by atoms with E-state index in [1.807, 2.05) is 0 Å². The van der Waals surface area contributed by atoms with Crippen LogP contribution >= 0.6 is 0 Å². The Morgan fingerprint density at radius 2 is 1.57 bits per heavy atom. The summed E-state index contributed by atoms with van der Waals surface area (Å²) in [5.74, 6) is 1.96. The normalized spacial score (nSPS) is 11.0. The molecule has 2 aromatic heterocycles. The van der Waals surface area contributed by atoms with Gasteiger partial charge in [-0.05, 0) is 24.3 Å². The number of aromatic nitrogens is 1. The number of fused-ring (bicyclic) bond motifs is 3. The van der Waals surface area contributed by atoms with Gasteiger partial charge in [0.2, 0.25) is 0 Å². The van der Waals surface area contributed by atoms with E-state index < -0.39 is 0 Å². The molecule has 0 atom stereocenters. The fourth-order valence-electron chi connectivity index (χ4n) is 3.30. The number of nitrogens with two attached hydrogens (primary N) is 1. The molecule has 28 heavy (non-hydrogen) atoms. The minimum absolute atomic E-state index is 0.219. The standard InChI is InChI=1S/C21H18N2O5/c1-25-15-4-5-16(26-2)20-19(15)18(27-3)7-13-14(24)8-17(28-21(13)20)11-6-12(22)10-23-9-11/h4-10H,22H2,1-3H3. The number of nitrogen functional groups attached to an aromatic ring is 1. The van der Waals surface area contributed by atoms with Gasteiger partial charge in [0.15, 0.2) is 11.0 Å². The quantitative estimate of drug-likeness (QED) is 0.542. The number of pyridine rings is 1. The zero-order valence-corrected chi connectivity index (χ0v) is 15.6. The van der Waals surface area contributed by atoms with Crippen molar-refractivity contribution in [2.24, 2.45) is 0 Å². The molecule has 0 radical (unpaired) electrons. The summed E-state index contributed by atoms with van der Waals surface area (Å²) in [5.41, 5.74) is 7.05. The summed E-state index contributed by atoms with van der Waals surface area (Å²) >= 11 is 0. The maximum absolute atomic E-state index is 12.9. The van der Waals surface area contributed by atoms with Crippen molar-refractivity contribution in [3.05, 3.63) is 52.9 Å². The lowest BCUT2D eigenvalue weighted by atomic mass is 10.0. The molecule has 0 bridgehead atoms. The van der Waals surface area contributed by atoms with Crippen LogP contribution < -0.4 is 25.4 Å². The number of rotatable bonds is 4. The van der Waals surface area contributed by atoms with Crippen molar-refractivity contribution < 1.29 is 18.6 Å². The zero-order chi connectivity index (χ0) is 19.8. The molecule has 0 aliphatic carbocycles. The lowest BCUT2D eigenvalue weighted by Gasteiger charge is -2.15. The molecule has 7 nitrogen and oxygen atoms in total. The molecule has 4 aromatic rings. The van der Waals surface area contributed by atoms with Crippen molar-refractivity contribution in [3.63, 3.8) is 0 Å². The minimum atomic E-state index is -0.219. The van der Waals surface area contributed by atoms with Gasteiger partial charge >= 0.3 is 0 Å². The molecule has 0 fully saturated rings. The van der Waals surface area contributed by atoms with Crippen LogP contribution in [0.25, 0.3) is 33.1 Å². The van der Waals surface area contributed by atoms with Crippen LogP contribution in [0.5, 0.6) is 17.2 Å². The molecule has 0 aliphatic heterocycles. The van der Waals surface area contributed by atoms with Gasteiger partial charge in [-0.15, -0.1) is 0 Å². The Kier molecular flexibility index (Phi) is 4.27. The van der Waals surface area contributed by atoms with Crippen LogP contribution in [0, 0.1) is 0 Å². The number of hydrogen-bond donors (Lipinski definition) is 1. The Morgan fingerprint density at radius 1 is 0.893 bits per heavy atom. The first-order valence-corrected chi connectivity index (χ1v) is 8.47. The van der Waals surface area contributed by atoms with E-state index in [9.17, 15) is 4.79 Å². The first-order chi connectivity index (χ1) is 13.6. The van der Waals surface area contributed by atoms with Crippen LogP contribution in [0.2, 0.25) is 0 Å². The van der Waals surface area contributed by atoms with E-state index in [1.54, 1.807) is 44.7 Å². The summed E-state index contributed by atoms with van der Waals surface area (Å²) in [5, 5.41) is 1.62. The summed E-state index contributed by atoms with van der Waals surface area (Å²) in [7, 11) is 4.65. The van der Waals surface area contributed by atoms with Crippen LogP contribution in [0.4, 0.5) is 5.69 Å². The number of nitrogens with zero attached hydrogens (tertiary/aromatic N) is 1. The molecule has 142 valence electrons. The van der Waals surface area contributed by atoms with Gasteiger partial charge in [0.25, 0.3) is 0 Å². The van der Waals surface area contributed by atoms with E-state index in [2.05, 4.69) is 4.98 Å². The maximum Gasteiger partial charge on any atom is 0.193 e. The Labute approximate surface area is 160 Å². The molecular formula is C21H18N2O5. The average molecular weight is 378 g/mol. The number of hydrogen-bond acceptors (Lipinski definition) is 7. The smallest absolute Gasteiger partial charge is 0.193 e. The fraction of sp³-hybridized carbons (Fsp3) is 0.143. The molecule has 0 spiro atoms. The van der Waals surface area contributed by atoms with E-state index in [-0.39, 0.29) is 5.43 Å². The number of anilines is 1. The van der Waals surface area contributed by atoms with E-state index >= 15 is 0 Å².